The largest absolute Gasteiger partial charge is 0.494 e. The molecule has 2 N–H and O–H groups in total. The fraction of sp³-hybridized carbons (Fsp3) is 0.375. The average molecular weight is 287 g/mol. The van der Waals surface area contributed by atoms with E-state index in [2.05, 4.69) is 12.0 Å². The Hall–Kier alpha value is -2.14. The van der Waals surface area contributed by atoms with Gasteiger partial charge in [0.25, 0.3) is 5.56 Å². The van der Waals surface area contributed by atoms with E-state index < -0.39 is 0 Å². The normalized spacial score (nSPS) is 12.2. The molecule has 0 saturated carbocycles. The molecule has 0 saturated heterocycles. The van der Waals surface area contributed by atoms with Crippen molar-refractivity contribution in [2.24, 2.45) is 12.8 Å². The van der Waals surface area contributed by atoms with Gasteiger partial charge in [0.2, 0.25) is 0 Å². The van der Waals surface area contributed by atoms with E-state index >= 15 is 0 Å². The van der Waals surface area contributed by atoms with Gasteiger partial charge in [-0.2, -0.15) is 5.10 Å². The summed E-state index contributed by atoms with van der Waals surface area (Å²) in [6, 6.07) is 9.12. The summed E-state index contributed by atoms with van der Waals surface area (Å²) < 4.78 is 6.88. The molecule has 1 atom stereocenters. The second-order valence-electron chi connectivity index (χ2n) is 5.08. The molecule has 2 rings (SSSR count). The number of nitrogens with two attached hydrogens (primary N) is 1. The van der Waals surface area contributed by atoms with Crippen molar-refractivity contribution in [1.29, 1.82) is 0 Å². The van der Waals surface area contributed by atoms with E-state index in [9.17, 15) is 4.79 Å². The number of hydrogen-bond donors (Lipinski definition) is 1. The van der Waals surface area contributed by atoms with Crippen molar-refractivity contribution in [3.63, 3.8) is 0 Å². The first-order valence-electron chi connectivity index (χ1n) is 7.10. The molecule has 0 radical (unpaired) electrons. The first-order valence-corrected chi connectivity index (χ1v) is 7.10. The Kier molecular flexibility index (Phi) is 4.75. The van der Waals surface area contributed by atoms with Crippen LogP contribution in [0.2, 0.25) is 0 Å². The van der Waals surface area contributed by atoms with Gasteiger partial charge in [-0.15, -0.1) is 0 Å². The summed E-state index contributed by atoms with van der Waals surface area (Å²) in [5, 5.41) is 4.29. The van der Waals surface area contributed by atoms with Crippen molar-refractivity contribution in [2.45, 2.75) is 26.3 Å². The first-order chi connectivity index (χ1) is 10.0. The zero-order chi connectivity index (χ0) is 15.4. The summed E-state index contributed by atoms with van der Waals surface area (Å²) in [4.78, 5) is 12.0. The number of rotatable bonds is 5. The molecule has 0 spiro atoms. The van der Waals surface area contributed by atoms with Crippen LogP contribution in [0.25, 0.3) is 11.3 Å². The van der Waals surface area contributed by atoms with Crippen molar-refractivity contribution in [3.05, 3.63) is 46.2 Å². The second kappa shape index (κ2) is 6.54. The third-order valence-electron chi connectivity index (χ3n) is 3.20. The monoisotopic (exact) mass is 287 g/mol. The molecule has 0 fully saturated rings. The predicted molar refractivity (Wildman–Crippen MR) is 83.3 cm³/mol. The number of aromatic nitrogens is 2. The van der Waals surface area contributed by atoms with Crippen molar-refractivity contribution in [2.75, 3.05) is 6.61 Å². The van der Waals surface area contributed by atoms with Crippen LogP contribution < -0.4 is 16.0 Å². The summed E-state index contributed by atoms with van der Waals surface area (Å²) in [5.41, 5.74) is 7.91. The van der Waals surface area contributed by atoms with Crippen molar-refractivity contribution >= 4 is 0 Å². The van der Waals surface area contributed by atoms with Gasteiger partial charge in [0.15, 0.2) is 0 Å². The molecule has 0 aliphatic heterocycles. The standard InChI is InChI=1S/C16H21N3O2/c1-4-9-21-13-7-5-12(6-8-13)15-10-14(11(2)17)16(20)19(3)18-15/h5-8,10-11H,4,9,17H2,1-3H3. The molecule has 0 aliphatic rings. The van der Waals surface area contributed by atoms with Crippen LogP contribution in [0.5, 0.6) is 5.75 Å². The van der Waals surface area contributed by atoms with Crippen molar-refractivity contribution < 1.29 is 4.74 Å². The van der Waals surface area contributed by atoms with Gasteiger partial charge in [-0.05, 0) is 43.7 Å². The Balaban J connectivity index is 2.36. The van der Waals surface area contributed by atoms with E-state index in [4.69, 9.17) is 10.5 Å². The molecule has 1 heterocycles. The third-order valence-corrected chi connectivity index (χ3v) is 3.20. The summed E-state index contributed by atoms with van der Waals surface area (Å²) in [6.07, 6.45) is 0.974. The maximum absolute atomic E-state index is 12.0. The molecular formula is C16H21N3O2. The lowest BCUT2D eigenvalue weighted by Crippen LogP contribution is -2.27. The smallest absolute Gasteiger partial charge is 0.271 e. The van der Waals surface area contributed by atoms with E-state index in [1.54, 1.807) is 20.0 Å². The van der Waals surface area contributed by atoms with E-state index in [-0.39, 0.29) is 11.6 Å². The molecule has 0 amide bonds. The zero-order valence-electron chi connectivity index (χ0n) is 12.7. The molecule has 5 nitrogen and oxygen atoms in total. The van der Waals surface area contributed by atoms with Crippen molar-refractivity contribution in [3.8, 4) is 17.0 Å². The molecule has 5 heteroatoms. The summed E-state index contributed by atoms with van der Waals surface area (Å²) >= 11 is 0. The van der Waals surface area contributed by atoms with Gasteiger partial charge in [-0.25, -0.2) is 4.68 Å². The minimum atomic E-state index is -0.322. The Bertz CT molecular complexity index is 660. The predicted octanol–water partition coefficient (Wildman–Crippen LogP) is 2.26. The molecule has 1 aromatic carbocycles. The van der Waals surface area contributed by atoms with Gasteiger partial charge in [0, 0.05) is 24.2 Å². The highest BCUT2D eigenvalue weighted by atomic mass is 16.5. The minimum Gasteiger partial charge on any atom is -0.494 e. The maximum atomic E-state index is 12.0. The molecule has 0 bridgehead atoms. The first kappa shape index (κ1) is 15.3. The SMILES string of the molecule is CCCOc1ccc(-c2cc(C(C)N)c(=O)n(C)n2)cc1. The fourth-order valence-corrected chi connectivity index (χ4v) is 2.04. The molecule has 1 aromatic heterocycles. The van der Waals surface area contributed by atoms with Crippen LogP contribution in [0.1, 0.15) is 31.9 Å². The highest BCUT2D eigenvalue weighted by molar-refractivity contribution is 5.60. The van der Waals surface area contributed by atoms with Crippen LogP contribution in [0.3, 0.4) is 0 Å². The third kappa shape index (κ3) is 3.49. The Labute approximate surface area is 124 Å². The van der Waals surface area contributed by atoms with E-state index in [1.165, 1.54) is 4.68 Å². The van der Waals surface area contributed by atoms with Crippen LogP contribution in [-0.2, 0) is 7.05 Å². The highest BCUT2D eigenvalue weighted by Crippen LogP contribution is 2.21. The Morgan fingerprint density at radius 2 is 2.00 bits per heavy atom. The number of ether oxygens (including phenoxy) is 1. The van der Waals surface area contributed by atoms with Crippen LogP contribution in [0, 0.1) is 0 Å². The van der Waals surface area contributed by atoms with E-state index in [1.807, 2.05) is 24.3 Å². The highest BCUT2D eigenvalue weighted by Gasteiger charge is 2.11. The lowest BCUT2D eigenvalue weighted by molar-refractivity contribution is 0.317. The fourth-order valence-electron chi connectivity index (χ4n) is 2.04. The molecule has 2 aromatic rings. The van der Waals surface area contributed by atoms with Crippen LogP contribution >= 0.6 is 0 Å². The lowest BCUT2D eigenvalue weighted by Gasteiger charge is -2.10. The van der Waals surface area contributed by atoms with Gasteiger partial charge in [0.1, 0.15) is 5.75 Å². The van der Waals surface area contributed by atoms with E-state index in [0.717, 1.165) is 23.4 Å². The molecule has 112 valence electrons. The maximum Gasteiger partial charge on any atom is 0.271 e. The van der Waals surface area contributed by atoms with Gasteiger partial charge >= 0.3 is 0 Å². The van der Waals surface area contributed by atoms with Gasteiger partial charge < -0.3 is 10.5 Å². The summed E-state index contributed by atoms with van der Waals surface area (Å²) in [6.45, 7) is 4.56. The van der Waals surface area contributed by atoms with Crippen LogP contribution in [0.15, 0.2) is 35.1 Å². The number of nitrogens with zero attached hydrogens (tertiary/aromatic N) is 2. The van der Waals surface area contributed by atoms with Crippen molar-refractivity contribution in [1.82, 2.24) is 9.78 Å². The molecular weight excluding hydrogens is 266 g/mol. The molecule has 1 unspecified atom stereocenters. The Morgan fingerprint density at radius 3 is 2.57 bits per heavy atom. The minimum absolute atomic E-state index is 0.156. The van der Waals surface area contributed by atoms with Gasteiger partial charge in [-0.3, -0.25) is 4.79 Å². The van der Waals surface area contributed by atoms with E-state index in [0.29, 0.717) is 12.2 Å². The van der Waals surface area contributed by atoms with Crippen LogP contribution in [0.4, 0.5) is 0 Å². The molecule has 21 heavy (non-hydrogen) atoms. The van der Waals surface area contributed by atoms with Gasteiger partial charge in [0.05, 0.1) is 12.3 Å². The second-order valence-corrected chi connectivity index (χ2v) is 5.08. The Morgan fingerprint density at radius 1 is 1.33 bits per heavy atom. The topological polar surface area (TPSA) is 70.1 Å². The quantitative estimate of drug-likeness (QED) is 0.915. The lowest BCUT2D eigenvalue weighted by atomic mass is 10.1. The average Bonchev–Trinajstić information content (AvgIpc) is 2.48. The summed E-state index contributed by atoms with van der Waals surface area (Å²) in [5.74, 6) is 0.831. The molecule has 0 aliphatic carbocycles. The number of hydrogen-bond acceptors (Lipinski definition) is 4. The number of benzene rings is 1. The zero-order valence-corrected chi connectivity index (χ0v) is 12.7. The summed E-state index contributed by atoms with van der Waals surface area (Å²) in [7, 11) is 1.64. The number of aryl methyl sites for hydroxylation is 1. The van der Waals surface area contributed by atoms with Gasteiger partial charge in [-0.1, -0.05) is 6.92 Å². The van der Waals surface area contributed by atoms with Crippen LogP contribution in [-0.4, -0.2) is 16.4 Å².